The molecule has 4 nitrogen and oxygen atoms in total. The molecule has 0 aromatic carbocycles. The number of halogens is 1. The zero-order valence-electron chi connectivity index (χ0n) is 9.43. The molecule has 1 aromatic rings. The maximum Gasteiger partial charge on any atom is 0.254 e. The monoisotopic (exact) mass is 339 g/mol. The van der Waals surface area contributed by atoms with Crippen LogP contribution in [0.4, 0.5) is 0 Å². The molecule has 7 heteroatoms. The van der Waals surface area contributed by atoms with Gasteiger partial charge >= 0.3 is 0 Å². The highest BCUT2D eigenvalue weighted by Gasteiger charge is 2.34. The molecule has 1 aliphatic heterocycles. The van der Waals surface area contributed by atoms with Crippen molar-refractivity contribution in [1.82, 2.24) is 4.31 Å². The molecule has 1 atom stereocenters. The van der Waals surface area contributed by atoms with Crippen LogP contribution in [0.25, 0.3) is 0 Å². The molecule has 0 aliphatic carbocycles. The largest absolute Gasteiger partial charge is 0.378 e. The number of sulfonamides is 1. The Labute approximate surface area is 114 Å². The summed E-state index contributed by atoms with van der Waals surface area (Å²) in [7, 11) is -3.39. The molecule has 1 fully saturated rings. The topological polar surface area (TPSA) is 46.6 Å². The van der Waals surface area contributed by atoms with Crippen molar-refractivity contribution < 1.29 is 13.2 Å². The third kappa shape index (κ3) is 2.58. The summed E-state index contributed by atoms with van der Waals surface area (Å²) in [4.78, 5) is 0. The van der Waals surface area contributed by atoms with Gasteiger partial charge in [0.2, 0.25) is 0 Å². The molecule has 2 heterocycles. The van der Waals surface area contributed by atoms with Gasteiger partial charge in [0.25, 0.3) is 10.0 Å². The van der Waals surface area contributed by atoms with Crippen LogP contribution >= 0.6 is 27.3 Å². The van der Waals surface area contributed by atoms with E-state index >= 15 is 0 Å². The summed E-state index contributed by atoms with van der Waals surface area (Å²) in [6.45, 7) is 3.37. The van der Waals surface area contributed by atoms with Gasteiger partial charge in [-0.1, -0.05) is 6.92 Å². The first-order valence-electron chi connectivity index (χ1n) is 5.40. The van der Waals surface area contributed by atoms with E-state index in [0.717, 1.165) is 6.42 Å². The number of morpholine rings is 1. The highest BCUT2D eigenvalue weighted by atomic mass is 79.9. The van der Waals surface area contributed by atoms with Gasteiger partial charge in [-0.05, 0) is 33.8 Å². The second-order valence-corrected chi connectivity index (χ2v) is 7.67. The normalized spacial score (nSPS) is 22.8. The summed E-state index contributed by atoms with van der Waals surface area (Å²) in [5, 5.41) is 1.78. The highest BCUT2D eigenvalue weighted by Crippen LogP contribution is 2.32. The maximum absolute atomic E-state index is 12.5. The fraction of sp³-hybridized carbons (Fsp3) is 0.600. The summed E-state index contributed by atoms with van der Waals surface area (Å²) in [5.74, 6) is 0. The van der Waals surface area contributed by atoms with Crippen LogP contribution in [0.3, 0.4) is 0 Å². The first kappa shape index (κ1) is 13.5. The lowest BCUT2D eigenvalue weighted by molar-refractivity contribution is 0.0315. The van der Waals surface area contributed by atoms with Gasteiger partial charge in [0.05, 0.1) is 13.2 Å². The number of ether oxygens (including phenoxy) is 1. The molecule has 0 bridgehead atoms. The van der Waals surface area contributed by atoms with E-state index in [-0.39, 0.29) is 6.04 Å². The van der Waals surface area contributed by atoms with Crippen molar-refractivity contribution >= 4 is 37.3 Å². The van der Waals surface area contributed by atoms with Gasteiger partial charge in [0, 0.05) is 17.1 Å². The average molecular weight is 340 g/mol. The van der Waals surface area contributed by atoms with Gasteiger partial charge in [-0.25, -0.2) is 8.42 Å². The van der Waals surface area contributed by atoms with E-state index in [2.05, 4.69) is 15.9 Å². The molecule has 0 N–H and O–H groups in total. The fourth-order valence-electron chi connectivity index (χ4n) is 1.85. The smallest absolute Gasteiger partial charge is 0.254 e. The molecule has 0 spiro atoms. The molecular weight excluding hydrogens is 326 g/mol. The SMILES string of the molecule is CCC1COCCN1S(=O)(=O)c1sccc1Br. The van der Waals surface area contributed by atoms with Crippen molar-refractivity contribution in [3.05, 3.63) is 15.9 Å². The third-order valence-electron chi connectivity index (χ3n) is 2.77. The fourth-order valence-corrected chi connectivity index (χ4v) is 5.94. The van der Waals surface area contributed by atoms with Crippen molar-refractivity contribution in [2.24, 2.45) is 0 Å². The van der Waals surface area contributed by atoms with Crippen molar-refractivity contribution in [3.8, 4) is 0 Å². The minimum atomic E-state index is -3.39. The van der Waals surface area contributed by atoms with Crippen LogP contribution < -0.4 is 0 Å². The molecule has 96 valence electrons. The zero-order valence-corrected chi connectivity index (χ0v) is 12.6. The lowest BCUT2D eigenvalue weighted by atomic mass is 10.2. The van der Waals surface area contributed by atoms with E-state index in [1.165, 1.54) is 11.3 Å². The average Bonchev–Trinajstić information content (AvgIpc) is 2.76. The molecule has 0 amide bonds. The Kier molecular flexibility index (Phi) is 4.25. The lowest BCUT2D eigenvalue weighted by Crippen LogP contribution is -2.48. The summed E-state index contributed by atoms with van der Waals surface area (Å²) in [5.41, 5.74) is 0. The number of hydrogen-bond acceptors (Lipinski definition) is 4. The minimum Gasteiger partial charge on any atom is -0.378 e. The maximum atomic E-state index is 12.5. The van der Waals surface area contributed by atoms with Crippen molar-refractivity contribution in [3.63, 3.8) is 0 Å². The molecule has 0 saturated carbocycles. The molecular formula is C10H14BrNO3S2. The number of hydrogen-bond donors (Lipinski definition) is 0. The molecule has 0 radical (unpaired) electrons. The second kappa shape index (κ2) is 5.36. The summed E-state index contributed by atoms with van der Waals surface area (Å²) in [6.07, 6.45) is 0.766. The van der Waals surface area contributed by atoms with E-state index < -0.39 is 10.0 Å². The zero-order chi connectivity index (χ0) is 12.5. The molecule has 1 aliphatic rings. The van der Waals surface area contributed by atoms with Gasteiger partial charge < -0.3 is 4.74 Å². The first-order valence-corrected chi connectivity index (χ1v) is 8.51. The lowest BCUT2D eigenvalue weighted by Gasteiger charge is -2.33. The minimum absolute atomic E-state index is 0.0530. The Hall–Kier alpha value is 0.0500. The van der Waals surface area contributed by atoms with Crippen molar-refractivity contribution in [2.45, 2.75) is 23.6 Å². The number of nitrogens with zero attached hydrogens (tertiary/aromatic N) is 1. The van der Waals surface area contributed by atoms with E-state index in [9.17, 15) is 8.42 Å². The summed E-state index contributed by atoms with van der Waals surface area (Å²) in [6, 6.07) is 1.71. The Morgan fingerprint density at radius 3 is 3.00 bits per heavy atom. The molecule has 17 heavy (non-hydrogen) atoms. The quantitative estimate of drug-likeness (QED) is 0.848. The van der Waals surface area contributed by atoms with Crippen molar-refractivity contribution in [2.75, 3.05) is 19.8 Å². The van der Waals surface area contributed by atoms with E-state index in [1.807, 2.05) is 6.92 Å². The summed E-state index contributed by atoms with van der Waals surface area (Å²) >= 11 is 4.53. The molecule has 1 saturated heterocycles. The number of thiophene rings is 1. The van der Waals surface area contributed by atoms with Crippen LogP contribution in [0.2, 0.25) is 0 Å². The van der Waals surface area contributed by atoms with Crippen LogP contribution in [0.1, 0.15) is 13.3 Å². The standard InChI is InChI=1S/C10H14BrNO3S2/c1-2-8-7-15-5-4-12(8)17(13,14)10-9(11)3-6-16-10/h3,6,8H,2,4-5,7H2,1H3. The van der Waals surface area contributed by atoms with Gasteiger partial charge in [-0.3, -0.25) is 0 Å². The Morgan fingerprint density at radius 2 is 2.41 bits per heavy atom. The highest BCUT2D eigenvalue weighted by molar-refractivity contribution is 9.10. The van der Waals surface area contributed by atoms with Crippen LogP contribution in [0.5, 0.6) is 0 Å². The van der Waals surface area contributed by atoms with Crippen molar-refractivity contribution in [1.29, 1.82) is 0 Å². The van der Waals surface area contributed by atoms with Gasteiger partial charge in [0.15, 0.2) is 0 Å². The second-order valence-electron chi connectivity index (χ2n) is 3.81. The van der Waals surface area contributed by atoms with Gasteiger partial charge in [0.1, 0.15) is 4.21 Å². The van der Waals surface area contributed by atoms with Crippen LogP contribution in [0.15, 0.2) is 20.1 Å². The van der Waals surface area contributed by atoms with Gasteiger partial charge in [-0.2, -0.15) is 4.31 Å². The van der Waals surface area contributed by atoms with Crippen LogP contribution in [-0.4, -0.2) is 38.5 Å². The van der Waals surface area contributed by atoms with Gasteiger partial charge in [-0.15, -0.1) is 11.3 Å². The Morgan fingerprint density at radius 1 is 1.65 bits per heavy atom. The molecule has 1 aromatic heterocycles. The van der Waals surface area contributed by atoms with E-state index in [1.54, 1.807) is 15.8 Å². The van der Waals surface area contributed by atoms with E-state index in [4.69, 9.17) is 4.74 Å². The van der Waals surface area contributed by atoms with Crippen LogP contribution in [0, 0.1) is 0 Å². The Bertz CT molecular complexity index is 485. The number of rotatable bonds is 3. The third-order valence-corrected chi connectivity index (χ3v) is 7.37. The Balaban J connectivity index is 2.34. The molecule has 2 rings (SSSR count). The predicted octanol–water partition coefficient (Wildman–Crippen LogP) is 2.31. The first-order chi connectivity index (χ1) is 8.07. The summed E-state index contributed by atoms with van der Waals surface area (Å²) < 4.78 is 32.9. The predicted molar refractivity (Wildman–Crippen MR) is 70.8 cm³/mol. The van der Waals surface area contributed by atoms with E-state index in [0.29, 0.717) is 28.4 Å². The van der Waals surface area contributed by atoms with Crippen LogP contribution in [-0.2, 0) is 14.8 Å². The molecule has 1 unspecified atom stereocenters.